The topological polar surface area (TPSA) is 83.6 Å². The molecule has 1 saturated heterocycles. The van der Waals surface area contributed by atoms with Gasteiger partial charge in [0, 0.05) is 13.0 Å². The maximum atomic E-state index is 10.7. The van der Waals surface area contributed by atoms with Crippen LogP contribution < -0.4 is 5.73 Å². The molecule has 0 aromatic carbocycles. The number of nitrogens with two attached hydrogens (primary N) is 1. The number of hydrogen-bond acceptors (Lipinski definition) is 3. The highest BCUT2D eigenvalue weighted by atomic mass is 16.4. The number of piperidine rings is 1. The lowest BCUT2D eigenvalue weighted by molar-refractivity contribution is -0.141. The molecule has 1 rings (SSSR count). The Labute approximate surface area is 95.6 Å². The number of likely N-dealkylation sites (tertiary alicyclic amines) is 1. The van der Waals surface area contributed by atoms with E-state index in [2.05, 4.69) is 4.90 Å². The third-order valence-electron chi connectivity index (χ3n) is 3.15. The van der Waals surface area contributed by atoms with Crippen LogP contribution in [0.2, 0.25) is 0 Å². The van der Waals surface area contributed by atoms with E-state index < -0.39 is 5.97 Å². The van der Waals surface area contributed by atoms with Crippen LogP contribution in [0.4, 0.5) is 0 Å². The quantitative estimate of drug-likeness (QED) is 0.708. The fourth-order valence-electron chi connectivity index (χ4n) is 2.12. The van der Waals surface area contributed by atoms with Gasteiger partial charge in [-0.05, 0) is 31.8 Å². The van der Waals surface area contributed by atoms with Gasteiger partial charge < -0.3 is 15.7 Å². The average Bonchev–Trinajstić information content (AvgIpc) is 2.20. The summed E-state index contributed by atoms with van der Waals surface area (Å²) in [7, 11) is 0. The molecule has 1 aliphatic rings. The number of carboxylic acid groups (broad SMARTS) is 1. The van der Waals surface area contributed by atoms with Gasteiger partial charge in [-0.15, -0.1) is 0 Å². The predicted molar refractivity (Wildman–Crippen MR) is 59.8 cm³/mol. The van der Waals surface area contributed by atoms with Gasteiger partial charge in [-0.3, -0.25) is 9.59 Å². The predicted octanol–water partition coefficient (Wildman–Crippen LogP) is 0.294. The van der Waals surface area contributed by atoms with Crippen LogP contribution in [0.25, 0.3) is 0 Å². The Balaban J connectivity index is 2.26. The lowest BCUT2D eigenvalue weighted by Crippen LogP contribution is -2.39. The van der Waals surface area contributed by atoms with Crippen LogP contribution in [0.15, 0.2) is 0 Å². The first kappa shape index (κ1) is 13.0. The van der Waals surface area contributed by atoms with Gasteiger partial charge in [0.25, 0.3) is 0 Å². The van der Waals surface area contributed by atoms with Crippen molar-refractivity contribution < 1.29 is 14.7 Å². The highest BCUT2D eigenvalue weighted by molar-refractivity contribution is 5.74. The molecule has 0 aliphatic carbocycles. The molecule has 5 nitrogen and oxygen atoms in total. The van der Waals surface area contributed by atoms with E-state index in [0.29, 0.717) is 18.9 Å². The summed E-state index contributed by atoms with van der Waals surface area (Å²) in [5.41, 5.74) is 5.15. The maximum Gasteiger partial charge on any atom is 0.307 e. The highest BCUT2D eigenvalue weighted by Gasteiger charge is 2.23. The lowest BCUT2D eigenvalue weighted by Gasteiger charge is -2.32. The zero-order valence-corrected chi connectivity index (χ0v) is 9.69. The summed E-state index contributed by atoms with van der Waals surface area (Å²) in [6.45, 7) is 4.06. The van der Waals surface area contributed by atoms with E-state index in [9.17, 15) is 9.59 Å². The van der Waals surface area contributed by atoms with E-state index in [1.54, 1.807) is 6.92 Å². The van der Waals surface area contributed by atoms with Gasteiger partial charge >= 0.3 is 5.97 Å². The number of aliphatic carboxylic acids is 1. The molecule has 3 N–H and O–H groups in total. The van der Waals surface area contributed by atoms with Crippen LogP contribution >= 0.6 is 0 Å². The van der Waals surface area contributed by atoms with E-state index in [1.165, 1.54) is 0 Å². The van der Waals surface area contributed by atoms with Crippen molar-refractivity contribution in [2.24, 2.45) is 17.6 Å². The Morgan fingerprint density at radius 3 is 2.44 bits per heavy atom. The molecule has 0 saturated carbocycles. The van der Waals surface area contributed by atoms with Gasteiger partial charge in [0.15, 0.2) is 0 Å². The average molecular weight is 228 g/mol. The fraction of sp³-hybridized carbons (Fsp3) is 0.818. The summed E-state index contributed by atoms with van der Waals surface area (Å²) in [5, 5.41) is 8.80. The lowest BCUT2D eigenvalue weighted by atomic mass is 9.93. The number of rotatable bonds is 5. The Morgan fingerprint density at radius 1 is 1.44 bits per heavy atom. The summed E-state index contributed by atoms with van der Waals surface area (Å²) in [6.07, 6.45) is 2.34. The minimum atomic E-state index is -0.751. The molecule has 0 radical (unpaired) electrons. The largest absolute Gasteiger partial charge is 0.481 e. The first-order chi connectivity index (χ1) is 7.49. The van der Waals surface area contributed by atoms with Gasteiger partial charge in [0.2, 0.25) is 5.91 Å². The molecule has 1 amide bonds. The molecule has 1 aliphatic heterocycles. The van der Waals surface area contributed by atoms with Gasteiger partial charge in [-0.1, -0.05) is 6.92 Å². The first-order valence-electron chi connectivity index (χ1n) is 5.72. The summed E-state index contributed by atoms with van der Waals surface area (Å²) in [5.74, 6) is -0.932. The number of primary amides is 1. The van der Waals surface area contributed by atoms with Crippen LogP contribution in [0.1, 0.15) is 26.2 Å². The van der Waals surface area contributed by atoms with Crippen LogP contribution in [-0.4, -0.2) is 41.5 Å². The molecule has 1 unspecified atom stereocenters. The van der Waals surface area contributed by atoms with Crippen molar-refractivity contribution in [1.82, 2.24) is 4.90 Å². The fourth-order valence-corrected chi connectivity index (χ4v) is 2.12. The Kier molecular flexibility index (Phi) is 4.73. The second-order valence-corrected chi connectivity index (χ2v) is 4.65. The molecule has 0 aromatic heterocycles. The molecule has 0 spiro atoms. The molecular weight excluding hydrogens is 208 g/mol. The zero-order valence-electron chi connectivity index (χ0n) is 9.69. The van der Waals surface area contributed by atoms with Crippen molar-refractivity contribution in [3.63, 3.8) is 0 Å². The van der Waals surface area contributed by atoms with Crippen LogP contribution in [0.5, 0.6) is 0 Å². The van der Waals surface area contributed by atoms with Crippen LogP contribution in [0.3, 0.4) is 0 Å². The van der Waals surface area contributed by atoms with E-state index >= 15 is 0 Å². The minimum absolute atomic E-state index is 0.239. The SMILES string of the molecule is CC(CN1CCC(CC(N)=O)CC1)C(=O)O. The Bertz CT molecular complexity index is 260. The van der Waals surface area contributed by atoms with Crippen molar-refractivity contribution in [2.45, 2.75) is 26.2 Å². The Hall–Kier alpha value is -1.10. The second-order valence-electron chi connectivity index (χ2n) is 4.65. The smallest absolute Gasteiger partial charge is 0.307 e. The number of carboxylic acids is 1. The number of hydrogen-bond donors (Lipinski definition) is 2. The van der Waals surface area contributed by atoms with Gasteiger partial charge in [-0.2, -0.15) is 0 Å². The number of amides is 1. The maximum absolute atomic E-state index is 10.7. The third kappa shape index (κ3) is 4.18. The summed E-state index contributed by atoms with van der Waals surface area (Å²) < 4.78 is 0. The molecule has 16 heavy (non-hydrogen) atoms. The monoisotopic (exact) mass is 228 g/mol. The number of carbonyl (C=O) groups excluding carboxylic acids is 1. The van der Waals surface area contributed by atoms with Crippen LogP contribution in [-0.2, 0) is 9.59 Å². The Morgan fingerprint density at radius 2 is 2.00 bits per heavy atom. The van der Waals surface area contributed by atoms with E-state index in [-0.39, 0.29) is 11.8 Å². The summed E-state index contributed by atoms with van der Waals surface area (Å²) in [6, 6.07) is 0. The van der Waals surface area contributed by atoms with Crippen molar-refractivity contribution in [3.05, 3.63) is 0 Å². The van der Waals surface area contributed by atoms with E-state index in [1.807, 2.05) is 0 Å². The molecule has 1 atom stereocenters. The molecule has 5 heteroatoms. The van der Waals surface area contributed by atoms with Crippen molar-refractivity contribution in [2.75, 3.05) is 19.6 Å². The van der Waals surface area contributed by atoms with Crippen molar-refractivity contribution >= 4 is 11.9 Å². The number of carbonyl (C=O) groups is 2. The zero-order chi connectivity index (χ0) is 12.1. The molecule has 1 heterocycles. The molecule has 1 fully saturated rings. The van der Waals surface area contributed by atoms with Crippen LogP contribution in [0, 0.1) is 11.8 Å². The van der Waals surface area contributed by atoms with E-state index in [0.717, 1.165) is 25.9 Å². The molecule has 0 aromatic rings. The first-order valence-corrected chi connectivity index (χ1v) is 5.72. The summed E-state index contributed by atoms with van der Waals surface area (Å²) in [4.78, 5) is 23.6. The minimum Gasteiger partial charge on any atom is -0.481 e. The van der Waals surface area contributed by atoms with Gasteiger partial charge in [-0.25, -0.2) is 0 Å². The number of nitrogens with zero attached hydrogens (tertiary/aromatic N) is 1. The third-order valence-corrected chi connectivity index (χ3v) is 3.15. The molecule has 92 valence electrons. The van der Waals surface area contributed by atoms with Gasteiger partial charge in [0.1, 0.15) is 0 Å². The second kappa shape index (κ2) is 5.84. The van der Waals surface area contributed by atoms with Crippen molar-refractivity contribution in [1.29, 1.82) is 0 Å². The van der Waals surface area contributed by atoms with E-state index in [4.69, 9.17) is 10.8 Å². The normalized spacial score (nSPS) is 20.6. The van der Waals surface area contributed by atoms with Gasteiger partial charge in [0.05, 0.1) is 5.92 Å². The molecular formula is C11H20N2O3. The summed E-state index contributed by atoms with van der Waals surface area (Å²) >= 11 is 0. The molecule has 0 bridgehead atoms. The van der Waals surface area contributed by atoms with Crippen molar-refractivity contribution in [3.8, 4) is 0 Å². The highest BCUT2D eigenvalue weighted by Crippen LogP contribution is 2.20. The standard InChI is InChI=1S/C11H20N2O3/c1-8(11(15)16)7-13-4-2-9(3-5-13)6-10(12)14/h8-9H,2-7H2,1H3,(H2,12,14)(H,15,16).